The summed E-state index contributed by atoms with van der Waals surface area (Å²) in [7, 11) is 2.94. The first-order chi connectivity index (χ1) is 6.29. The van der Waals surface area contributed by atoms with Gasteiger partial charge in [-0.25, -0.2) is 4.79 Å². The Morgan fingerprint density at radius 2 is 2.38 bits per heavy atom. The minimum Gasteiger partial charge on any atom is -0.465 e. The third-order valence-corrected chi connectivity index (χ3v) is 1.67. The van der Waals surface area contributed by atoms with Gasteiger partial charge in [-0.1, -0.05) is 0 Å². The van der Waals surface area contributed by atoms with Crippen molar-refractivity contribution >= 4 is 5.97 Å². The van der Waals surface area contributed by atoms with Crippen LogP contribution in [0.4, 0.5) is 0 Å². The van der Waals surface area contributed by atoms with Crippen LogP contribution in [0.15, 0.2) is 6.20 Å². The Balaban J connectivity index is 2.71. The maximum atomic E-state index is 11.1. The van der Waals surface area contributed by atoms with E-state index in [1.807, 2.05) is 0 Å². The summed E-state index contributed by atoms with van der Waals surface area (Å²) in [6.07, 6.45) is 2.13. The standard InChI is InChI=1S/C8H12N2O3/c1-12-4-3-7-6(5-9-10-7)8(11)13-2/h5H,3-4H2,1-2H3,(H,9,10). The largest absolute Gasteiger partial charge is 0.465 e. The van der Waals surface area contributed by atoms with Gasteiger partial charge in [0, 0.05) is 19.7 Å². The van der Waals surface area contributed by atoms with Gasteiger partial charge in [-0.2, -0.15) is 5.10 Å². The predicted molar refractivity (Wildman–Crippen MR) is 45.5 cm³/mol. The molecule has 0 unspecified atom stereocenters. The molecule has 1 rings (SSSR count). The summed E-state index contributed by atoms with van der Waals surface area (Å²) in [5.41, 5.74) is 1.15. The molecule has 0 aliphatic rings. The third-order valence-electron chi connectivity index (χ3n) is 1.67. The van der Waals surface area contributed by atoms with Crippen molar-refractivity contribution in [2.45, 2.75) is 6.42 Å². The highest BCUT2D eigenvalue weighted by Gasteiger charge is 2.13. The van der Waals surface area contributed by atoms with Gasteiger partial charge in [0.05, 0.1) is 19.4 Å². The number of nitrogens with one attached hydrogen (secondary N) is 1. The smallest absolute Gasteiger partial charge is 0.341 e. The minimum atomic E-state index is -0.375. The topological polar surface area (TPSA) is 64.2 Å². The summed E-state index contributed by atoms with van der Waals surface area (Å²) in [6, 6.07) is 0. The van der Waals surface area contributed by atoms with E-state index in [4.69, 9.17) is 4.74 Å². The zero-order valence-corrected chi connectivity index (χ0v) is 7.66. The van der Waals surface area contributed by atoms with Crippen LogP contribution >= 0.6 is 0 Å². The average Bonchev–Trinajstić information content (AvgIpc) is 2.61. The Labute approximate surface area is 76.0 Å². The maximum Gasteiger partial charge on any atom is 0.341 e. The number of rotatable bonds is 4. The van der Waals surface area contributed by atoms with Crippen molar-refractivity contribution in [3.63, 3.8) is 0 Å². The first-order valence-electron chi connectivity index (χ1n) is 3.89. The van der Waals surface area contributed by atoms with Crippen LogP contribution in [0, 0.1) is 0 Å². The summed E-state index contributed by atoms with van der Waals surface area (Å²) < 4.78 is 9.45. The molecule has 0 aromatic carbocycles. The number of ether oxygens (including phenoxy) is 2. The molecule has 0 bridgehead atoms. The van der Waals surface area contributed by atoms with E-state index in [-0.39, 0.29) is 5.97 Å². The van der Waals surface area contributed by atoms with Crippen LogP contribution in [-0.4, -0.2) is 37.0 Å². The highest BCUT2D eigenvalue weighted by molar-refractivity contribution is 5.90. The zero-order chi connectivity index (χ0) is 9.68. The summed E-state index contributed by atoms with van der Waals surface area (Å²) in [5.74, 6) is -0.375. The average molecular weight is 184 g/mol. The molecule has 1 heterocycles. The molecule has 1 aromatic heterocycles. The van der Waals surface area contributed by atoms with Crippen molar-refractivity contribution < 1.29 is 14.3 Å². The number of carbonyl (C=O) groups excluding carboxylic acids is 1. The number of carbonyl (C=O) groups is 1. The quantitative estimate of drug-likeness (QED) is 0.687. The number of nitrogens with zero attached hydrogens (tertiary/aromatic N) is 1. The molecule has 0 fully saturated rings. The molecular weight excluding hydrogens is 172 g/mol. The lowest BCUT2D eigenvalue weighted by molar-refractivity contribution is 0.0599. The monoisotopic (exact) mass is 184 g/mol. The van der Waals surface area contributed by atoms with Crippen LogP contribution < -0.4 is 0 Å². The SMILES string of the molecule is COCCc1n[nH]cc1C(=O)OC. The van der Waals surface area contributed by atoms with Crippen LogP contribution in [-0.2, 0) is 15.9 Å². The lowest BCUT2D eigenvalue weighted by Crippen LogP contribution is -2.05. The van der Waals surface area contributed by atoms with E-state index < -0.39 is 0 Å². The second kappa shape index (κ2) is 4.61. The van der Waals surface area contributed by atoms with Crippen molar-refractivity contribution in [3.05, 3.63) is 17.5 Å². The van der Waals surface area contributed by atoms with E-state index in [0.29, 0.717) is 24.3 Å². The number of hydrogen-bond donors (Lipinski definition) is 1. The summed E-state index contributed by atoms with van der Waals surface area (Å²) in [5, 5.41) is 6.53. The molecule has 5 nitrogen and oxygen atoms in total. The van der Waals surface area contributed by atoms with Gasteiger partial charge in [0.2, 0.25) is 0 Å². The Morgan fingerprint density at radius 3 is 3.00 bits per heavy atom. The Hall–Kier alpha value is -1.36. The molecule has 1 aromatic rings. The molecule has 0 amide bonds. The molecule has 1 N–H and O–H groups in total. The van der Waals surface area contributed by atoms with Crippen LogP contribution in [0.5, 0.6) is 0 Å². The normalized spacial score (nSPS) is 10.0. The zero-order valence-electron chi connectivity index (χ0n) is 7.66. The van der Waals surface area contributed by atoms with Crippen molar-refractivity contribution in [2.75, 3.05) is 20.8 Å². The summed E-state index contributed by atoms with van der Waals surface area (Å²) >= 11 is 0. The number of hydrogen-bond acceptors (Lipinski definition) is 4. The minimum absolute atomic E-state index is 0.375. The van der Waals surface area contributed by atoms with Crippen LogP contribution in [0.3, 0.4) is 0 Å². The van der Waals surface area contributed by atoms with Crippen LogP contribution in [0.1, 0.15) is 16.1 Å². The van der Waals surface area contributed by atoms with E-state index in [1.165, 1.54) is 13.3 Å². The van der Waals surface area contributed by atoms with Gasteiger partial charge in [0.15, 0.2) is 0 Å². The lowest BCUT2D eigenvalue weighted by atomic mass is 10.2. The molecule has 5 heteroatoms. The Bertz CT molecular complexity index is 283. The highest BCUT2D eigenvalue weighted by Crippen LogP contribution is 2.06. The maximum absolute atomic E-state index is 11.1. The van der Waals surface area contributed by atoms with Crippen LogP contribution in [0.2, 0.25) is 0 Å². The number of methoxy groups -OCH3 is 2. The van der Waals surface area contributed by atoms with Gasteiger partial charge in [-0.15, -0.1) is 0 Å². The molecule has 0 spiro atoms. The first kappa shape index (κ1) is 9.73. The highest BCUT2D eigenvalue weighted by atomic mass is 16.5. The van der Waals surface area contributed by atoms with Gasteiger partial charge in [0.1, 0.15) is 5.56 Å². The fourth-order valence-electron chi connectivity index (χ4n) is 0.994. The number of esters is 1. The fourth-order valence-corrected chi connectivity index (χ4v) is 0.994. The molecule has 0 aliphatic heterocycles. The van der Waals surface area contributed by atoms with Gasteiger partial charge < -0.3 is 9.47 Å². The second-order valence-electron chi connectivity index (χ2n) is 2.48. The molecule has 13 heavy (non-hydrogen) atoms. The van der Waals surface area contributed by atoms with Crippen molar-refractivity contribution in [2.24, 2.45) is 0 Å². The van der Waals surface area contributed by atoms with Gasteiger partial charge in [-0.3, -0.25) is 5.10 Å². The van der Waals surface area contributed by atoms with E-state index in [2.05, 4.69) is 14.9 Å². The molecule has 0 aliphatic carbocycles. The molecule has 0 saturated carbocycles. The van der Waals surface area contributed by atoms with Gasteiger partial charge in [0.25, 0.3) is 0 Å². The lowest BCUT2D eigenvalue weighted by Gasteiger charge is -1.99. The number of aromatic nitrogens is 2. The number of H-pyrrole nitrogens is 1. The van der Waals surface area contributed by atoms with Gasteiger partial charge >= 0.3 is 5.97 Å². The molecule has 0 radical (unpaired) electrons. The Morgan fingerprint density at radius 1 is 1.62 bits per heavy atom. The Kier molecular flexibility index (Phi) is 3.45. The summed E-state index contributed by atoms with van der Waals surface area (Å²) in [4.78, 5) is 11.1. The molecule has 0 atom stereocenters. The van der Waals surface area contributed by atoms with E-state index >= 15 is 0 Å². The van der Waals surface area contributed by atoms with E-state index in [1.54, 1.807) is 7.11 Å². The molecular formula is C8H12N2O3. The number of aromatic amines is 1. The molecule has 0 saturated heterocycles. The fraction of sp³-hybridized carbons (Fsp3) is 0.500. The first-order valence-corrected chi connectivity index (χ1v) is 3.89. The summed E-state index contributed by atoms with van der Waals surface area (Å²) in [6.45, 7) is 0.537. The third kappa shape index (κ3) is 2.29. The van der Waals surface area contributed by atoms with Crippen molar-refractivity contribution in [1.82, 2.24) is 10.2 Å². The molecule has 72 valence electrons. The van der Waals surface area contributed by atoms with Gasteiger partial charge in [-0.05, 0) is 0 Å². The second-order valence-corrected chi connectivity index (χ2v) is 2.48. The van der Waals surface area contributed by atoms with Crippen molar-refractivity contribution in [1.29, 1.82) is 0 Å². The van der Waals surface area contributed by atoms with Crippen molar-refractivity contribution in [3.8, 4) is 0 Å². The van der Waals surface area contributed by atoms with E-state index in [9.17, 15) is 4.79 Å². The predicted octanol–water partition coefficient (Wildman–Crippen LogP) is 0.385. The van der Waals surface area contributed by atoms with E-state index in [0.717, 1.165) is 0 Å². The van der Waals surface area contributed by atoms with Crippen LogP contribution in [0.25, 0.3) is 0 Å².